The topological polar surface area (TPSA) is 136 Å². The summed E-state index contributed by atoms with van der Waals surface area (Å²) in [6, 6.07) is 5.26. The Balaban J connectivity index is 1.36. The van der Waals surface area contributed by atoms with E-state index in [-0.39, 0.29) is 17.6 Å². The third-order valence-corrected chi connectivity index (χ3v) is 6.94. The van der Waals surface area contributed by atoms with E-state index in [9.17, 15) is 9.59 Å². The lowest BCUT2D eigenvalue weighted by Gasteiger charge is -2.28. The van der Waals surface area contributed by atoms with Gasteiger partial charge in [-0.15, -0.1) is 5.10 Å². The van der Waals surface area contributed by atoms with Crippen molar-refractivity contribution in [2.75, 3.05) is 30.8 Å². The van der Waals surface area contributed by atoms with Gasteiger partial charge in [0.05, 0.1) is 12.7 Å². The molecule has 1 aliphatic carbocycles. The molecule has 1 saturated carbocycles. The normalized spacial score (nSPS) is 20.0. The Kier molecular flexibility index (Phi) is 5.63. The summed E-state index contributed by atoms with van der Waals surface area (Å²) in [5, 5.41) is 11.0. The molecule has 41 heavy (non-hydrogen) atoms. The van der Waals surface area contributed by atoms with Crippen molar-refractivity contribution < 1.29 is 23.2 Å². The second kappa shape index (κ2) is 10.0. The molecule has 1 fully saturated rings. The van der Waals surface area contributed by atoms with Crippen molar-refractivity contribution in [2.24, 2.45) is 11.8 Å². The van der Waals surface area contributed by atoms with E-state index in [2.05, 4.69) is 30.7 Å². The highest BCUT2D eigenvalue weighted by Gasteiger charge is 2.39. The van der Waals surface area contributed by atoms with Gasteiger partial charge in [-0.2, -0.15) is 0 Å². The second-order valence-corrected chi connectivity index (χ2v) is 11.2. The zero-order chi connectivity index (χ0) is 31.4. The zero-order valence-electron chi connectivity index (χ0n) is 26.1. The first-order chi connectivity index (χ1) is 20.7. The van der Waals surface area contributed by atoms with E-state index in [0.29, 0.717) is 64.0 Å². The number of nitrogens with zero attached hydrogens (tertiary/aromatic N) is 6. The molecule has 2 N–H and O–H groups in total. The Morgan fingerprint density at radius 2 is 2.02 bits per heavy atom. The largest absolute Gasteiger partial charge is 0.489 e. The predicted molar refractivity (Wildman–Crippen MR) is 154 cm³/mol. The number of pyridine rings is 3. The molecular formula is C29H32N8O4. The van der Waals surface area contributed by atoms with E-state index in [1.54, 1.807) is 29.0 Å². The molecule has 1 aliphatic heterocycles. The number of carbonyl (C=O) groups is 2. The van der Waals surface area contributed by atoms with Crippen LogP contribution in [0.2, 0.25) is 0 Å². The molecular weight excluding hydrogens is 524 g/mol. The van der Waals surface area contributed by atoms with Crippen LogP contribution in [0, 0.1) is 11.8 Å². The number of hydrogen-bond donors (Lipinski definition) is 2. The highest BCUT2D eigenvalue weighted by molar-refractivity contribution is 6.03. The lowest BCUT2D eigenvalue weighted by Crippen LogP contribution is -2.37. The van der Waals surface area contributed by atoms with Gasteiger partial charge in [0.2, 0.25) is 5.91 Å². The number of nitrogens with one attached hydrogen (secondary N) is 2. The lowest BCUT2D eigenvalue weighted by molar-refractivity contribution is -0.117. The Bertz CT molecular complexity index is 1810. The van der Waals surface area contributed by atoms with Crippen LogP contribution in [0.4, 0.5) is 16.4 Å². The SMILES string of the molecule is [2H]C([2H])([2H])Nc1ncc(-c2nc3ccc(C4=CN(C(=O)OC(C)(C)C)CCO4)cn3n2)c2cc(NC(=O)[C@H]3C[C@H]3C)ncc12. The molecule has 0 bridgehead atoms. The fourth-order valence-corrected chi connectivity index (χ4v) is 4.65. The summed E-state index contributed by atoms with van der Waals surface area (Å²) in [6.07, 6.45) is 6.68. The van der Waals surface area contributed by atoms with Gasteiger partial charge in [-0.05, 0) is 51.3 Å². The van der Waals surface area contributed by atoms with Gasteiger partial charge < -0.3 is 20.1 Å². The maximum atomic E-state index is 12.6. The quantitative estimate of drug-likeness (QED) is 0.361. The molecule has 2 aliphatic rings. The minimum absolute atomic E-state index is 0.0500. The lowest BCUT2D eigenvalue weighted by atomic mass is 10.1. The number of carbonyl (C=O) groups excluding carboxylic acids is 2. The maximum absolute atomic E-state index is 12.6. The summed E-state index contributed by atoms with van der Waals surface area (Å²) >= 11 is 0. The number of hydrogen-bond acceptors (Lipinski definition) is 9. The van der Waals surface area contributed by atoms with Crippen molar-refractivity contribution in [2.45, 2.75) is 39.7 Å². The Morgan fingerprint density at radius 1 is 1.20 bits per heavy atom. The number of rotatable bonds is 5. The summed E-state index contributed by atoms with van der Waals surface area (Å²) in [6.45, 7) is 5.62. The van der Waals surface area contributed by atoms with Gasteiger partial charge in [0, 0.05) is 57.5 Å². The summed E-state index contributed by atoms with van der Waals surface area (Å²) in [4.78, 5) is 40.1. The Labute approximate surface area is 241 Å². The number of ether oxygens (including phenoxy) is 2. The number of amides is 2. The van der Waals surface area contributed by atoms with E-state index < -0.39 is 18.7 Å². The van der Waals surface area contributed by atoms with Crippen LogP contribution < -0.4 is 10.6 Å². The van der Waals surface area contributed by atoms with E-state index in [0.717, 1.165) is 6.42 Å². The van der Waals surface area contributed by atoms with Crippen molar-refractivity contribution in [1.82, 2.24) is 29.5 Å². The van der Waals surface area contributed by atoms with Crippen LogP contribution in [0.5, 0.6) is 0 Å². The highest BCUT2D eigenvalue weighted by Crippen LogP contribution is 2.39. The van der Waals surface area contributed by atoms with E-state index in [1.165, 1.54) is 17.3 Å². The smallest absolute Gasteiger partial charge is 0.414 e. The molecule has 6 rings (SSSR count). The van der Waals surface area contributed by atoms with Gasteiger partial charge >= 0.3 is 6.09 Å². The van der Waals surface area contributed by atoms with E-state index >= 15 is 0 Å². The molecule has 5 heterocycles. The summed E-state index contributed by atoms with van der Waals surface area (Å²) in [7, 11) is 0. The molecule has 2 amide bonds. The molecule has 12 nitrogen and oxygen atoms in total. The van der Waals surface area contributed by atoms with Gasteiger partial charge in [-0.3, -0.25) is 9.69 Å². The zero-order valence-corrected chi connectivity index (χ0v) is 23.1. The average molecular weight is 560 g/mol. The minimum Gasteiger partial charge on any atom is -0.489 e. The number of anilines is 2. The molecule has 212 valence electrons. The van der Waals surface area contributed by atoms with Crippen molar-refractivity contribution in [1.29, 1.82) is 0 Å². The molecule has 0 spiro atoms. The van der Waals surface area contributed by atoms with Crippen LogP contribution >= 0.6 is 0 Å². The fraction of sp³-hybridized carbons (Fsp3) is 0.379. The summed E-state index contributed by atoms with van der Waals surface area (Å²) < 4.78 is 35.9. The van der Waals surface area contributed by atoms with Gasteiger partial charge in [-0.1, -0.05) is 6.92 Å². The first kappa shape index (κ1) is 23.0. The molecule has 2 atom stereocenters. The van der Waals surface area contributed by atoms with Crippen LogP contribution in [0.15, 0.2) is 43.0 Å². The predicted octanol–water partition coefficient (Wildman–Crippen LogP) is 4.54. The van der Waals surface area contributed by atoms with E-state index in [4.69, 9.17) is 13.6 Å². The standard InChI is InChI=1S/C29H32N8O4/c1-16-10-18(16)27(38)33-23-11-19-20(12-31-23)25(30-5)32-13-21(19)26-34-24-7-6-17(14-37(24)35-26)22-15-36(8-9-40-22)28(39)41-29(2,3)4/h6-7,11-16,18H,8-10H2,1-5H3,(H,30,32)(H,31,33,38)/t16-,18+/m1/s1/i5D3. The summed E-state index contributed by atoms with van der Waals surface area (Å²) in [5.41, 5.74) is 1.10. The third-order valence-electron chi connectivity index (χ3n) is 6.94. The van der Waals surface area contributed by atoms with Crippen molar-refractivity contribution >= 4 is 45.8 Å². The first-order valence-corrected chi connectivity index (χ1v) is 13.3. The van der Waals surface area contributed by atoms with Crippen molar-refractivity contribution in [3.8, 4) is 11.4 Å². The van der Waals surface area contributed by atoms with Crippen LogP contribution in [0.25, 0.3) is 33.6 Å². The molecule has 0 radical (unpaired) electrons. The van der Waals surface area contributed by atoms with Crippen LogP contribution in [0.1, 0.15) is 43.8 Å². The van der Waals surface area contributed by atoms with Crippen molar-refractivity contribution in [3.63, 3.8) is 0 Å². The number of aromatic nitrogens is 5. The fourth-order valence-electron chi connectivity index (χ4n) is 4.65. The molecule has 0 saturated heterocycles. The molecule has 4 aromatic heterocycles. The van der Waals surface area contributed by atoms with E-state index in [1.807, 2.05) is 33.8 Å². The Hall–Kier alpha value is -4.74. The third kappa shape index (κ3) is 5.37. The minimum atomic E-state index is -2.48. The second-order valence-electron chi connectivity index (χ2n) is 11.2. The van der Waals surface area contributed by atoms with Gasteiger partial charge in [0.25, 0.3) is 0 Å². The molecule has 0 aromatic carbocycles. The van der Waals surface area contributed by atoms with Crippen molar-refractivity contribution in [3.05, 3.63) is 48.6 Å². The van der Waals surface area contributed by atoms with Crippen LogP contribution in [-0.4, -0.2) is 67.2 Å². The Morgan fingerprint density at radius 3 is 2.78 bits per heavy atom. The maximum Gasteiger partial charge on any atom is 0.414 e. The average Bonchev–Trinajstić information content (AvgIpc) is 3.53. The van der Waals surface area contributed by atoms with Gasteiger partial charge in [0.15, 0.2) is 11.5 Å². The monoisotopic (exact) mass is 559 g/mol. The molecule has 12 heteroatoms. The highest BCUT2D eigenvalue weighted by atomic mass is 16.6. The first-order valence-electron chi connectivity index (χ1n) is 14.8. The van der Waals surface area contributed by atoms with Crippen LogP contribution in [0.3, 0.4) is 0 Å². The molecule has 0 unspecified atom stereocenters. The number of fused-ring (bicyclic) bond motifs is 2. The van der Waals surface area contributed by atoms with Gasteiger partial charge in [0.1, 0.15) is 29.6 Å². The summed E-state index contributed by atoms with van der Waals surface area (Å²) in [5.74, 6) is 1.42. The van der Waals surface area contributed by atoms with Gasteiger partial charge in [-0.25, -0.2) is 24.3 Å². The van der Waals surface area contributed by atoms with Crippen LogP contribution in [-0.2, 0) is 14.3 Å². The molecule has 4 aromatic rings.